The SMILES string of the molecule is O=S1(=O)CCC(=NO)c2ccc(Cl)cc21. The summed E-state index contributed by atoms with van der Waals surface area (Å²) in [5.74, 6) is -0.0419. The number of hydrogen-bond donors (Lipinski definition) is 1. The first-order valence-corrected chi connectivity index (χ1v) is 6.31. The summed E-state index contributed by atoms with van der Waals surface area (Å²) in [6.07, 6.45) is 0.230. The molecule has 0 saturated heterocycles. The van der Waals surface area contributed by atoms with E-state index in [2.05, 4.69) is 5.16 Å². The van der Waals surface area contributed by atoms with E-state index in [1.807, 2.05) is 0 Å². The molecule has 0 unspecified atom stereocenters. The third-order valence-corrected chi connectivity index (χ3v) is 4.30. The second-order valence-electron chi connectivity index (χ2n) is 3.26. The van der Waals surface area contributed by atoms with Crippen LogP contribution in [0.2, 0.25) is 5.02 Å². The summed E-state index contributed by atoms with van der Waals surface area (Å²) in [6.45, 7) is 0. The normalized spacial score (nSPS) is 21.3. The number of sulfone groups is 1. The Labute approximate surface area is 92.1 Å². The fraction of sp³-hybridized carbons (Fsp3) is 0.222. The van der Waals surface area contributed by atoms with Crippen molar-refractivity contribution in [2.45, 2.75) is 11.3 Å². The van der Waals surface area contributed by atoms with Gasteiger partial charge in [-0.15, -0.1) is 0 Å². The number of benzene rings is 1. The third kappa shape index (κ3) is 1.72. The minimum Gasteiger partial charge on any atom is -0.411 e. The molecule has 0 bridgehead atoms. The first-order chi connectivity index (χ1) is 7.04. The molecular weight excluding hydrogens is 238 g/mol. The van der Waals surface area contributed by atoms with Crippen molar-refractivity contribution in [1.29, 1.82) is 0 Å². The van der Waals surface area contributed by atoms with Crippen molar-refractivity contribution < 1.29 is 13.6 Å². The van der Waals surface area contributed by atoms with Gasteiger partial charge in [0.25, 0.3) is 0 Å². The second-order valence-corrected chi connectivity index (χ2v) is 5.77. The van der Waals surface area contributed by atoms with Crippen LogP contribution in [0.3, 0.4) is 0 Å². The van der Waals surface area contributed by atoms with Crippen LogP contribution in [0, 0.1) is 0 Å². The Bertz CT molecular complexity index is 536. The standard InChI is InChI=1S/C9H8ClNO3S/c10-6-1-2-7-8(11-12)3-4-15(13,14)9(7)5-6/h1-2,5,12H,3-4H2. The molecule has 0 radical (unpaired) electrons. The summed E-state index contributed by atoms with van der Waals surface area (Å²) in [7, 11) is -3.28. The molecule has 0 aromatic heterocycles. The maximum Gasteiger partial charge on any atom is 0.179 e. The summed E-state index contributed by atoms with van der Waals surface area (Å²) < 4.78 is 23.4. The molecule has 15 heavy (non-hydrogen) atoms. The largest absolute Gasteiger partial charge is 0.411 e. The van der Waals surface area contributed by atoms with Crippen LogP contribution in [0.25, 0.3) is 0 Å². The lowest BCUT2D eigenvalue weighted by atomic mass is 10.1. The maximum atomic E-state index is 11.7. The number of fused-ring (bicyclic) bond motifs is 1. The predicted octanol–water partition coefficient (Wildman–Crippen LogP) is 1.70. The molecule has 0 atom stereocenters. The molecule has 0 saturated carbocycles. The van der Waals surface area contributed by atoms with Gasteiger partial charge in [-0.05, 0) is 12.1 Å². The van der Waals surface area contributed by atoms with E-state index in [1.165, 1.54) is 6.07 Å². The summed E-state index contributed by atoms with van der Waals surface area (Å²) >= 11 is 5.73. The highest BCUT2D eigenvalue weighted by molar-refractivity contribution is 7.91. The van der Waals surface area contributed by atoms with Gasteiger partial charge in [-0.2, -0.15) is 0 Å². The molecule has 1 aliphatic heterocycles. The highest BCUT2D eigenvalue weighted by atomic mass is 35.5. The number of oxime groups is 1. The molecule has 0 fully saturated rings. The quantitative estimate of drug-likeness (QED) is 0.559. The monoisotopic (exact) mass is 245 g/mol. The van der Waals surface area contributed by atoms with Gasteiger partial charge in [-0.25, -0.2) is 8.42 Å². The summed E-state index contributed by atoms with van der Waals surface area (Å²) in [5, 5.41) is 12.2. The van der Waals surface area contributed by atoms with Crippen LogP contribution in [0.15, 0.2) is 28.3 Å². The maximum absolute atomic E-state index is 11.7. The highest BCUT2D eigenvalue weighted by Crippen LogP contribution is 2.27. The topological polar surface area (TPSA) is 66.7 Å². The Morgan fingerprint density at radius 3 is 2.80 bits per heavy atom. The van der Waals surface area contributed by atoms with Crippen LogP contribution in [-0.4, -0.2) is 25.1 Å². The average molecular weight is 246 g/mol. The zero-order valence-corrected chi connectivity index (χ0v) is 9.22. The molecule has 0 amide bonds. The minimum absolute atomic E-state index is 0.0419. The van der Waals surface area contributed by atoms with Gasteiger partial charge in [0.1, 0.15) is 0 Å². The van der Waals surface area contributed by atoms with Gasteiger partial charge >= 0.3 is 0 Å². The van der Waals surface area contributed by atoms with Crippen LogP contribution in [-0.2, 0) is 9.84 Å². The highest BCUT2D eigenvalue weighted by Gasteiger charge is 2.28. The molecule has 1 heterocycles. The van der Waals surface area contributed by atoms with E-state index in [-0.39, 0.29) is 17.1 Å². The molecule has 6 heteroatoms. The number of rotatable bonds is 0. The Morgan fingerprint density at radius 2 is 2.13 bits per heavy atom. The van der Waals surface area contributed by atoms with E-state index < -0.39 is 9.84 Å². The van der Waals surface area contributed by atoms with E-state index in [0.29, 0.717) is 16.3 Å². The molecule has 80 valence electrons. The van der Waals surface area contributed by atoms with Crippen molar-refractivity contribution in [3.8, 4) is 0 Å². The molecule has 4 nitrogen and oxygen atoms in total. The molecule has 0 spiro atoms. The van der Waals surface area contributed by atoms with E-state index >= 15 is 0 Å². The van der Waals surface area contributed by atoms with Gasteiger partial charge < -0.3 is 5.21 Å². The van der Waals surface area contributed by atoms with Crippen molar-refractivity contribution in [2.24, 2.45) is 5.16 Å². The molecule has 1 aromatic rings. The summed E-state index contributed by atoms with van der Waals surface area (Å²) in [4.78, 5) is 0.147. The predicted molar refractivity (Wildman–Crippen MR) is 56.4 cm³/mol. The Kier molecular flexibility index (Phi) is 2.44. The van der Waals surface area contributed by atoms with Crippen molar-refractivity contribution in [3.05, 3.63) is 28.8 Å². The van der Waals surface area contributed by atoms with Crippen LogP contribution >= 0.6 is 11.6 Å². The van der Waals surface area contributed by atoms with E-state index in [9.17, 15) is 8.42 Å². The molecule has 1 N–H and O–H groups in total. The van der Waals surface area contributed by atoms with Crippen molar-refractivity contribution in [1.82, 2.24) is 0 Å². The van der Waals surface area contributed by atoms with Crippen molar-refractivity contribution >= 4 is 27.1 Å². The van der Waals surface area contributed by atoms with Gasteiger partial charge in [0.15, 0.2) is 9.84 Å². The third-order valence-electron chi connectivity index (χ3n) is 2.32. The summed E-state index contributed by atoms with van der Waals surface area (Å²) in [5.41, 5.74) is 0.824. The van der Waals surface area contributed by atoms with Gasteiger partial charge in [-0.1, -0.05) is 22.8 Å². The van der Waals surface area contributed by atoms with Gasteiger partial charge in [0, 0.05) is 17.0 Å². The van der Waals surface area contributed by atoms with E-state index in [1.54, 1.807) is 12.1 Å². The first kappa shape index (κ1) is 10.4. The lowest BCUT2D eigenvalue weighted by Crippen LogP contribution is -2.21. The molecule has 2 rings (SSSR count). The number of halogens is 1. The number of nitrogens with zero attached hydrogens (tertiary/aromatic N) is 1. The average Bonchev–Trinajstić information content (AvgIpc) is 2.19. The fourth-order valence-corrected chi connectivity index (χ4v) is 3.32. The van der Waals surface area contributed by atoms with E-state index in [4.69, 9.17) is 16.8 Å². The lowest BCUT2D eigenvalue weighted by Gasteiger charge is -2.16. The summed E-state index contributed by atoms with van der Waals surface area (Å²) in [6, 6.07) is 4.52. The second kappa shape index (κ2) is 3.50. The zero-order valence-electron chi connectivity index (χ0n) is 7.64. The Morgan fingerprint density at radius 1 is 1.40 bits per heavy atom. The van der Waals surface area contributed by atoms with Crippen molar-refractivity contribution in [2.75, 3.05) is 5.75 Å². The fourth-order valence-electron chi connectivity index (χ4n) is 1.57. The zero-order chi connectivity index (χ0) is 11.1. The smallest absolute Gasteiger partial charge is 0.179 e. The van der Waals surface area contributed by atoms with E-state index in [0.717, 1.165) is 0 Å². The Balaban J connectivity index is 2.75. The Hall–Kier alpha value is -1.07. The van der Waals surface area contributed by atoms with Gasteiger partial charge in [-0.3, -0.25) is 0 Å². The van der Waals surface area contributed by atoms with Gasteiger partial charge in [0.05, 0.1) is 16.4 Å². The lowest BCUT2D eigenvalue weighted by molar-refractivity contribution is 0.318. The van der Waals surface area contributed by atoms with Crippen LogP contribution in [0.5, 0.6) is 0 Å². The molecule has 1 aliphatic rings. The molecule has 0 aliphatic carbocycles. The molecule has 1 aromatic carbocycles. The van der Waals surface area contributed by atoms with Crippen LogP contribution < -0.4 is 0 Å². The molecular formula is C9H8ClNO3S. The van der Waals surface area contributed by atoms with Crippen LogP contribution in [0.4, 0.5) is 0 Å². The first-order valence-electron chi connectivity index (χ1n) is 4.28. The van der Waals surface area contributed by atoms with Crippen LogP contribution in [0.1, 0.15) is 12.0 Å². The van der Waals surface area contributed by atoms with Gasteiger partial charge in [0.2, 0.25) is 0 Å². The van der Waals surface area contributed by atoms with Crippen molar-refractivity contribution in [3.63, 3.8) is 0 Å². The number of hydrogen-bond acceptors (Lipinski definition) is 4. The minimum atomic E-state index is -3.28.